The van der Waals surface area contributed by atoms with Gasteiger partial charge >= 0.3 is 12.2 Å². The number of anilines is 2. The van der Waals surface area contributed by atoms with Gasteiger partial charge in [-0.25, -0.2) is 4.39 Å². The van der Waals surface area contributed by atoms with Crippen LogP contribution in [0.25, 0.3) is 10.8 Å². The summed E-state index contributed by atoms with van der Waals surface area (Å²) in [6.07, 6.45) is -0.405. The van der Waals surface area contributed by atoms with Gasteiger partial charge < -0.3 is 19.4 Å². The van der Waals surface area contributed by atoms with Gasteiger partial charge in [0.1, 0.15) is 25.1 Å². The van der Waals surface area contributed by atoms with Crippen LogP contribution in [0.5, 0.6) is 6.01 Å². The first-order chi connectivity index (χ1) is 23.9. The topological polar surface area (TPSA) is 88.8 Å². The number of halogens is 4. The summed E-state index contributed by atoms with van der Waals surface area (Å²) in [5.74, 6) is 0.0669. The van der Waals surface area contributed by atoms with Gasteiger partial charge in [0, 0.05) is 42.3 Å². The number of piperazine rings is 1. The van der Waals surface area contributed by atoms with Crippen molar-refractivity contribution in [1.29, 1.82) is 5.26 Å². The van der Waals surface area contributed by atoms with Gasteiger partial charge in [0.25, 0.3) is 0 Å². The SMILES string of the molecule is Cc1cccc2cccc(N3Cc4nc(OCC5(C)CCCN5C)nc(N5CCN(C(=O)/C=C/CF)[C@@H](CC#N)C5)c4CC[C@@H]3C(F)(F)F)c12. The summed E-state index contributed by atoms with van der Waals surface area (Å²) in [4.78, 5) is 29.7. The van der Waals surface area contributed by atoms with Crippen molar-refractivity contribution in [2.24, 2.45) is 0 Å². The third-order valence-corrected chi connectivity index (χ3v) is 10.6. The molecule has 1 amide bonds. The number of benzene rings is 2. The molecular weight excluding hydrogens is 650 g/mol. The number of alkyl halides is 4. The van der Waals surface area contributed by atoms with E-state index in [2.05, 4.69) is 17.9 Å². The van der Waals surface area contributed by atoms with Crippen molar-refractivity contribution in [3.8, 4) is 12.1 Å². The average molecular weight is 694 g/mol. The standard InChI is InChI=1S/C37H43F4N7O2/c1-25-8-4-9-26-10-5-11-30(33(25)26)48-23-29-28(13-14-31(48)37(39,40)41)34(44-35(43-29)50-24-36(2)16-7-19-45(36)3)46-20-21-47(27(22-46)15-18-42)32(49)12-6-17-38/h4-6,8-12,27,31H,7,13-17,19-24H2,1-3H3/b12-6+/t27-,31+,36?/m0/s1. The molecule has 3 atom stereocenters. The number of rotatable bonds is 8. The van der Waals surface area contributed by atoms with E-state index in [1.807, 2.05) is 43.1 Å². The number of aromatic nitrogens is 2. The Morgan fingerprint density at radius 1 is 1.16 bits per heavy atom. The highest BCUT2D eigenvalue weighted by Gasteiger charge is 2.46. The van der Waals surface area contributed by atoms with Gasteiger partial charge in [0.2, 0.25) is 5.91 Å². The van der Waals surface area contributed by atoms with Gasteiger partial charge in [-0.2, -0.15) is 28.4 Å². The molecule has 50 heavy (non-hydrogen) atoms. The molecule has 6 rings (SSSR count). The largest absolute Gasteiger partial charge is 0.461 e. The molecule has 9 nitrogen and oxygen atoms in total. The maximum Gasteiger partial charge on any atom is 0.408 e. The van der Waals surface area contributed by atoms with Crippen molar-refractivity contribution in [3.05, 3.63) is 65.4 Å². The Balaban J connectivity index is 1.43. The summed E-state index contributed by atoms with van der Waals surface area (Å²) in [7, 11) is 2.04. The van der Waals surface area contributed by atoms with E-state index in [1.165, 1.54) is 11.0 Å². The van der Waals surface area contributed by atoms with Crippen LogP contribution >= 0.6 is 0 Å². The maximum absolute atomic E-state index is 15.0. The minimum atomic E-state index is -4.53. The predicted molar refractivity (Wildman–Crippen MR) is 184 cm³/mol. The number of allylic oxidation sites excluding steroid dienone is 1. The fourth-order valence-electron chi connectivity index (χ4n) is 7.67. The molecule has 3 aliphatic heterocycles. The highest BCUT2D eigenvalue weighted by atomic mass is 19.4. The number of hydrogen-bond donors (Lipinski definition) is 0. The monoisotopic (exact) mass is 693 g/mol. The fourth-order valence-corrected chi connectivity index (χ4v) is 7.67. The molecule has 1 unspecified atom stereocenters. The van der Waals surface area contributed by atoms with E-state index < -0.39 is 30.8 Å². The molecule has 0 aliphatic carbocycles. The second kappa shape index (κ2) is 14.4. The summed E-state index contributed by atoms with van der Waals surface area (Å²) < 4.78 is 64.2. The number of amides is 1. The summed E-state index contributed by atoms with van der Waals surface area (Å²) in [5.41, 5.74) is 2.17. The van der Waals surface area contributed by atoms with Crippen molar-refractivity contribution in [3.63, 3.8) is 0 Å². The van der Waals surface area contributed by atoms with E-state index in [1.54, 1.807) is 17.0 Å². The third-order valence-electron chi connectivity index (χ3n) is 10.6. The Kier molecular flexibility index (Phi) is 10.2. The van der Waals surface area contributed by atoms with E-state index in [4.69, 9.17) is 14.7 Å². The molecule has 266 valence electrons. The lowest BCUT2D eigenvalue weighted by atomic mass is 10.0. The van der Waals surface area contributed by atoms with Crippen LogP contribution in [0.2, 0.25) is 0 Å². The minimum Gasteiger partial charge on any atom is -0.461 e. The van der Waals surface area contributed by atoms with Crippen molar-refractivity contribution >= 4 is 28.2 Å². The first-order valence-electron chi connectivity index (χ1n) is 17.1. The number of hydrogen-bond acceptors (Lipinski definition) is 8. The number of aryl methyl sites for hydroxylation is 1. The highest BCUT2D eigenvalue weighted by Crippen LogP contribution is 2.41. The number of carbonyl (C=O) groups excluding carboxylic acids is 1. The number of ether oxygens (including phenoxy) is 1. The van der Waals surface area contributed by atoms with Crippen molar-refractivity contribution < 1.29 is 27.1 Å². The Morgan fingerprint density at radius 3 is 2.64 bits per heavy atom. The van der Waals surface area contributed by atoms with Gasteiger partial charge in [-0.1, -0.05) is 30.3 Å². The maximum atomic E-state index is 15.0. The van der Waals surface area contributed by atoms with Crippen molar-refractivity contribution in [2.45, 2.75) is 76.3 Å². The van der Waals surface area contributed by atoms with E-state index in [0.717, 1.165) is 41.8 Å². The fraction of sp³-hybridized carbons (Fsp3) is 0.514. The summed E-state index contributed by atoms with van der Waals surface area (Å²) in [5, 5.41) is 11.3. The van der Waals surface area contributed by atoms with Gasteiger partial charge in [0.15, 0.2) is 0 Å². The first kappa shape index (κ1) is 35.4. The molecular formula is C37H43F4N7O2. The molecule has 0 saturated carbocycles. The second-order valence-electron chi connectivity index (χ2n) is 13.8. The Labute approximate surface area is 290 Å². The molecule has 3 aromatic rings. The second-order valence-corrected chi connectivity index (χ2v) is 13.8. The van der Waals surface area contributed by atoms with Crippen LogP contribution < -0.4 is 14.5 Å². The average Bonchev–Trinajstić information content (AvgIpc) is 3.29. The van der Waals surface area contributed by atoms with Crippen LogP contribution in [0.3, 0.4) is 0 Å². The van der Waals surface area contributed by atoms with Crippen LogP contribution in [0.15, 0.2) is 48.6 Å². The van der Waals surface area contributed by atoms with E-state index >= 15 is 13.2 Å². The van der Waals surface area contributed by atoms with Gasteiger partial charge in [-0.05, 0) is 76.2 Å². The van der Waals surface area contributed by atoms with E-state index in [-0.39, 0.29) is 50.4 Å². The van der Waals surface area contributed by atoms with E-state index in [9.17, 15) is 14.4 Å². The number of likely N-dealkylation sites (tertiary alicyclic amines) is 1. The minimum absolute atomic E-state index is 0.0252. The van der Waals surface area contributed by atoms with Crippen molar-refractivity contribution in [2.75, 3.05) is 56.3 Å². The summed E-state index contributed by atoms with van der Waals surface area (Å²) >= 11 is 0. The highest BCUT2D eigenvalue weighted by molar-refractivity contribution is 5.97. The summed E-state index contributed by atoms with van der Waals surface area (Å²) in [6, 6.07) is 11.1. The van der Waals surface area contributed by atoms with Crippen LogP contribution in [-0.4, -0.2) is 96.0 Å². The van der Waals surface area contributed by atoms with Crippen LogP contribution in [0.1, 0.15) is 49.4 Å². The molecule has 3 aliphatic rings. The number of nitriles is 1. The zero-order valence-corrected chi connectivity index (χ0v) is 28.7. The smallest absolute Gasteiger partial charge is 0.408 e. The van der Waals surface area contributed by atoms with Gasteiger partial charge in [0.05, 0.1) is 36.3 Å². The number of carbonyl (C=O) groups is 1. The molecule has 0 N–H and O–H groups in total. The van der Waals surface area contributed by atoms with E-state index in [0.29, 0.717) is 35.9 Å². The van der Waals surface area contributed by atoms with Gasteiger partial charge in [-0.15, -0.1) is 0 Å². The molecule has 0 spiro atoms. The third kappa shape index (κ3) is 7.08. The molecule has 2 fully saturated rings. The Bertz CT molecular complexity index is 1790. The van der Waals surface area contributed by atoms with Crippen LogP contribution in [0, 0.1) is 18.3 Å². The molecule has 4 heterocycles. The zero-order chi connectivity index (χ0) is 35.6. The Morgan fingerprint density at radius 2 is 1.94 bits per heavy atom. The Hall–Kier alpha value is -4.44. The molecule has 2 saturated heterocycles. The molecule has 1 aromatic heterocycles. The lowest BCUT2D eigenvalue weighted by molar-refractivity contribution is -0.150. The molecule has 0 radical (unpaired) electrons. The zero-order valence-electron chi connectivity index (χ0n) is 28.7. The molecule has 13 heteroatoms. The quantitative estimate of drug-likeness (QED) is 0.206. The molecule has 0 bridgehead atoms. The van der Waals surface area contributed by atoms with Crippen molar-refractivity contribution in [1.82, 2.24) is 19.8 Å². The first-order valence-corrected chi connectivity index (χ1v) is 17.1. The lowest BCUT2D eigenvalue weighted by Crippen LogP contribution is -2.55. The van der Waals surface area contributed by atoms with Crippen LogP contribution in [-0.2, 0) is 17.8 Å². The number of nitrogens with zero attached hydrogens (tertiary/aromatic N) is 7. The predicted octanol–water partition coefficient (Wildman–Crippen LogP) is 6.14. The lowest BCUT2D eigenvalue weighted by Gasteiger charge is -2.41. The number of fused-ring (bicyclic) bond motifs is 2. The summed E-state index contributed by atoms with van der Waals surface area (Å²) in [6.45, 7) is 5.11. The number of likely N-dealkylation sites (N-methyl/N-ethyl adjacent to an activating group) is 1. The van der Waals surface area contributed by atoms with Crippen LogP contribution in [0.4, 0.5) is 29.1 Å². The normalized spacial score (nSPS) is 23.3. The van der Waals surface area contributed by atoms with Gasteiger partial charge in [-0.3, -0.25) is 9.69 Å². The molecule has 2 aromatic carbocycles.